The molecule has 4 heterocycles. The number of aromatic amines is 1. The number of fused-ring (bicyclic) bond motifs is 2. The van der Waals surface area contributed by atoms with Crippen LogP contribution in [0.3, 0.4) is 0 Å². The number of piperidine rings is 1. The van der Waals surface area contributed by atoms with E-state index in [1.807, 2.05) is 15.9 Å². The van der Waals surface area contributed by atoms with Gasteiger partial charge in [-0.05, 0) is 32.1 Å². The zero-order valence-electron chi connectivity index (χ0n) is 16.8. The van der Waals surface area contributed by atoms with Crippen molar-refractivity contribution in [2.24, 2.45) is 5.92 Å². The van der Waals surface area contributed by atoms with E-state index in [2.05, 4.69) is 5.10 Å². The number of amides is 2. The van der Waals surface area contributed by atoms with Crippen molar-refractivity contribution in [3.05, 3.63) is 33.4 Å². The van der Waals surface area contributed by atoms with Gasteiger partial charge in [0.15, 0.2) is 5.65 Å². The first-order valence-electron chi connectivity index (χ1n) is 10.7. The van der Waals surface area contributed by atoms with Crippen molar-refractivity contribution in [3.8, 4) is 0 Å². The summed E-state index contributed by atoms with van der Waals surface area (Å²) in [7, 11) is 0. The van der Waals surface area contributed by atoms with Crippen LogP contribution in [0.15, 0.2) is 10.9 Å². The van der Waals surface area contributed by atoms with Crippen molar-refractivity contribution in [2.45, 2.75) is 64.5 Å². The predicted octanol–water partition coefficient (Wildman–Crippen LogP) is 1.78. The normalized spacial score (nSPS) is 22.4. The van der Waals surface area contributed by atoms with Crippen LogP contribution in [0, 0.1) is 5.92 Å². The Kier molecular flexibility index (Phi) is 4.44. The van der Waals surface area contributed by atoms with Gasteiger partial charge in [0.25, 0.3) is 5.56 Å². The van der Waals surface area contributed by atoms with Gasteiger partial charge in [-0.25, -0.2) is 9.50 Å². The Morgan fingerprint density at radius 1 is 1.14 bits per heavy atom. The average molecular weight is 397 g/mol. The van der Waals surface area contributed by atoms with Crippen molar-refractivity contribution in [3.63, 3.8) is 0 Å². The summed E-state index contributed by atoms with van der Waals surface area (Å²) in [5.74, 6) is 0.368. The molecule has 2 aliphatic heterocycles. The van der Waals surface area contributed by atoms with Gasteiger partial charge < -0.3 is 9.80 Å². The molecule has 0 bridgehead atoms. The first-order chi connectivity index (χ1) is 14.0. The summed E-state index contributed by atoms with van der Waals surface area (Å²) in [6, 6.07) is 1.86. The molecule has 2 aromatic rings. The fourth-order valence-electron chi connectivity index (χ4n) is 4.90. The standard InChI is InChI=1S/C21H27N5O3/c1-13(27)25-9-3-2-7-18(25)17-11-19-22-16-8-10-24(20(28)14-5-4-6-14)12-15(16)21(29)26(19)23-17/h11,14,18,23H,2-10,12H2,1H3/t18-/m0/s1. The van der Waals surface area contributed by atoms with Crippen molar-refractivity contribution < 1.29 is 9.59 Å². The molecule has 154 valence electrons. The number of carbonyl (C=O) groups excluding carboxylic acids is 2. The molecule has 8 nitrogen and oxygen atoms in total. The third-order valence-electron chi connectivity index (χ3n) is 6.81. The number of nitrogens with one attached hydrogen (secondary N) is 1. The van der Waals surface area contributed by atoms with Gasteiger partial charge in [-0.1, -0.05) is 6.42 Å². The van der Waals surface area contributed by atoms with Crippen molar-refractivity contribution in [1.82, 2.24) is 24.4 Å². The fraction of sp³-hybridized carbons (Fsp3) is 0.619. The number of hydrogen-bond acceptors (Lipinski definition) is 4. The van der Waals surface area contributed by atoms with Gasteiger partial charge >= 0.3 is 0 Å². The first-order valence-corrected chi connectivity index (χ1v) is 10.7. The molecule has 3 aliphatic rings. The largest absolute Gasteiger partial charge is 0.337 e. The van der Waals surface area contributed by atoms with Gasteiger partial charge in [0, 0.05) is 38.4 Å². The highest BCUT2D eigenvalue weighted by atomic mass is 16.2. The summed E-state index contributed by atoms with van der Waals surface area (Å²) in [5, 5.41) is 3.20. The maximum atomic E-state index is 13.2. The molecule has 1 atom stereocenters. The van der Waals surface area contributed by atoms with E-state index in [0.717, 1.165) is 56.5 Å². The van der Waals surface area contributed by atoms with Gasteiger partial charge in [0.2, 0.25) is 11.8 Å². The third kappa shape index (κ3) is 3.05. The second kappa shape index (κ2) is 7.00. The number of carbonyl (C=O) groups is 2. The number of rotatable bonds is 2. The highest BCUT2D eigenvalue weighted by Crippen LogP contribution is 2.31. The fourth-order valence-corrected chi connectivity index (χ4v) is 4.90. The zero-order valence-corrected chi connectivity index (χ0v) is 16.8. The average Bonchev–Trinajstić information content (AvgIpc) is 3.11. The second-order valence-electron chi connectivity index (χ2n) is 8.61. The number of aromatic nitrogens is 3. The molecule has 0 aromatic carbocycles. The topological polar surface area (TPSA) is 90.8 Å². The Bertz CT molecular complexity index is 1030. The Morgan fingerprint density at radius 2 is 1.97 bits per heavy atom. The maximum absolute atomic E-state index is 13.2. The van der Waals surface area contributed by atoms with Gasteiger partial charge in [-0.2, -0.15) is 0 Å². The summed E-state index contributed by atoms with van der Waals surface area (Å²) >= 11 is 0. The van der Waals surface area contributed by atoms with E-state index < -0.39 is 0 Å². The molecule has 1 aliphatic carbocycles. The SMILES string of the molecule is CC(=O)N1CCCC[C@H]1c1cc2nc3c(c(=O)n2[nH]1)CN(C(=O)C1CCC1)CC3. The molecule has 1 N–H and O–H groups in total. The van der Waals surface area contributed by atoms with Crippen molar-refractivity contribution in [1.29, 1.82) is 0 Å². The summed E-state index contributed by atoms with van der Waals surface area (Å²) < 4.78 is 1.48. The molecule has 8 heteroatoms. The quantitative estimate of drug-likeness (QED) is 0.836. The van der Waals surface area contributed by atoms with Crippen molar-refractivity contribution in [2.75, 3.05) is 13.1 Å². The summed E-state index contributed by atoms with van der Waals surface area (Å²) in [6.07, 6.45) is 6.61. The van der Waals surface area contributed by atoms with Gasteiger partial charge in [-0.15, -0.1) is 0 Å². The van der Waals surface area contributed by atoms with E-state index in [0.29, 0.717) is 30.7 Å². The van der Waals surface area contributed by atoms with Gasteiger partial charge in [-0.3, -0.25) is 19.5 Å². The van der Waals surface area contributed by atoms with Gasteiger partial charge in [0.1, 0.15) is 0 Å². The summed E-state index contributed by atoms with van der Waals surface area (Å²) in [4.78, 5) is 46.3. The molecule has 2 aromatic heterocycles. The van der Waals surface area contributed by atoms with E-state index in [4.69, 9.17) is 4.98 Å². The van der Waals surface area contributed by atoms with E-state index in [-0.39, 0.29) is 29.3 Å². The summed E-state index contributed by atoms with van der Waals surface area (Å²) in [5.41, 5.74) is 2.73. The van der Waals surface area contributed by atoms with Crippen LogP contribution < -0.4 is 5.56 Å². The molecule has 1 saturated heterocycles. The number of hydrogen-bond donors (Lipinski definition) is 1. The Balaban J connectivity index is 1.48. The molecule has 1 saturated carbocycles. The van der Waals surface area contributed by atoms with E-state index in [9.17, 15) is 14.4 Å². The molecule has 0 unspecified atom stereocenters. The molecule has 5 rings (SSSR count). The van der Waals surface area contributed by atoms with E-state index >= 15 is 0 Å². The molecule has 2 fully saturated rings. The lowest BCUT2D eigenvalue weighted by Crippen LogP contribution is -2.44. The lowest BCUT2D eigenvalue weighted by Gasteiger charge is -2.34. The van der Waals surface area contributed by atoms with Crippen LogP contribution in [0.25, 0.3) is 5.65 Å². The third-order valence-corrected chi connectivity index (χ3v) is 6.81. The number of nitrogens with zero attached hydrogens (tertiary/aromatic N) is 4. The van der Waals surface area contributed by atoms with Crippen LogP contribution in [0.1, 0.15) is 68.4 Å². The van der Waals surface area contributed by atoms with Gasteiger partial charge in [0.05, 0.1) is 29.5 Å². The number of H-pyrrole nitrogens is 1. The highest BCUT2D eigenvalue weighted by Gasteiger charge is 2.33. The van der Waals surface area contributed by atoms with Crippen LogP contribution in [-0.4, -0.2) is 49.3 Å². The van der Waals surface area contributed by atoms with E-state index in [1.165, 1.54) is 4.52 Å². The minimum atomic E-state index is -0.132. The molecule has 29 heavy (non-hydrogen) atoms. The molecule has 0 radical (unpaired) electrons. The first kappa shape index (κ1) is 18.4. The smallest absolute Gasteiger partial charge is 0.277 e. The minimum Gasteiger partial charge on any atom is -0.337 e. The van der Waals surface area contributed by atoms with E-state index in [1.54, 1.807) is 6.92 Å². The molecular weight excluding hydrogens is 370 g/mol. The lowest BCUT2D eigenvalue weighted by molar-refractivity contribution is -0.139. The maximum Gasteiger partial charge on any atom is 0.277 e. The molecule has 2 amide bonds. The van der Waals surface area contributed by atoms with Crippen LogP contribution >= 0.6 is 0 Å². The Morgan fingerprint density at radius 3 is 2.69 bits per heavy atom. The Hall–Kier alpha value is -2.64. The predicted molar refractivity (Wildman–Crippen MR) is 106 cm³/mol. The van der Waals surface area contributed by atoms with Crippen molar-refractivity contribution >= 4 is 17.5 Å². The highest BCUT2D eigenvalue weighted by molar-refractivity contribution is 5.79. The monoisotopic (exact) mass is 397 g/mol. The summed E-state index contributed by atoms with van der Waals surface area (Å²) in [6.45, 7) is 3.31. The zero-order chi connectivity index (χ0) is 20.1. The van der Waals surface area contributed by atoms with Crippen LogP contribution in [0.2, 0.25) is 0 Å². The number of likely N-dealkylation sites (tertiary alicyclic amines) is 1. The van der Waals surface area contributed by atoms with Crippen LogP contribution in [-0.2, 0) is 22.6 Å². The minimum absolute atomic E-state index is 0.0453. The molecular formula is C21H27N5O3. The lowest BCUT2D eigenvalue weighted by atomic mass is 9.84. The van der Waals surface area contributed by atoms with Crippen LogP contribution in [0.4, 0.5) is 0 Å². The second-order valence-corrected chi connectivity index (χ2v) is 8.61. The Labute approximate surface area is 168 Å². The molecule has 0 spiro atoms. The van der Waals surface area contributed by atoms with Crippen LogP contribution in [0.5, 0.6) is 0 Å².